The maximum Gasteiger partial charge on any atom is 0.255 e. The number of nitrogens with one attached hydrogen (secondary N) is 2. The summed E-state index contributed by atoms with van der Waals surface area (Å²) >= 11 is 0. The molecule has 2 amide bonds. The van der Waals surface area contributed by atoms with Crippen LogP contribution in [0.15, 0.2) is 42.5 Å². The third-order valence-electron chi connectivity index (χ3n) is 5.03. The highest BCUT2D eigenvalue weighted by Crippen LogP contribution is 2.38. The molecule has 0 radical (unpaired) electrons. The molecule has 2 aromatic carbocycles. The van der Waals surface area contributed by atoms with Crippen LogP contribution in [0.4, 0.5) is 11.4 Å². The van der Waals surface area contributed by atoms with Crippen molar-refractivity contribution in [3.8, 4) is 11.5 Å². The molecule has 1 saturated carbocycles. The molecule has 0 heterocycles. The lowest BCUT2D eigenvalue weighted by Gasteiger charge is -2.14. The number of methoxy groups -OCH3 is 1. The summed E-state index contributed by atoms with van der Waals surface area (Å²) in [6, 6.07) is 12.3. The van der Waals surface area contributed by atoms with E-state index in [4.69, 9.17) is 9.47 Å². The number of hydrogen-bond acceptors (Lipinski definition) is 4. The average molecular weight is 396 g/mol. The minimum atomic E-state index is -0.283. The van der Waals surface area contributed by atoms with Gasteiger partial charge in [-0.3, -0.25) is 9.59 Å². The van der Waals surface area contributed by atoms with Crippen LogP contribution in [0.25, 0.3) is 0 Å². The van der Waals surface area contributed by atoms with E-state index in [9.17, 15) is 9.59 Å². The Morgan fingerprint density at radius 2 is 1.93 bits per heavy atom. The zero-order valence-corrected chi connectivity index (χ0v) is 17.2. The fourth-order valence-electron chi connectivity index (χ4n) is 3.04. The van der Waals surface area contributed by atoms with Gasteiger partial charge in [-0.25, -0.2) is 0 Å². The molecule has 29 heavy (non-hydrogen) atoms. The first-order valence-electron chi connectivity index (χ1n) is 10.0. The topological polar surface area (TPSA) is 76.7 Å². The van der Waals surface area contributed by atoms with Gasteiger partial charge in [-0.2, -0.15) is 0 Å². The first-order chi connectivity index (χ1) is 14.0. The summed E-state index contributed by atoms with van der Waals surface area (Å²) in [5.74, 6) is 1.46. The first-order valence-corrected chi connectivity index (χ1v) is 10.0. The summed E-state index contributed by atoms with van der Waals surface area (Å²) in [6.45, 7) is 4.73. The van der Waals surface area contributed by atoms with Crippen LogP contribution in [0.5, 0.6) is 11.5 Å². The van der Waals surface area contributed by atoms with E-state index in [-0.39, 0.29) is 17.7 Å². The number of hydrogen-bond donors (Lipinski definition) is 2. The number of amides is 2. The highest BCUT2D eigenvalue weighted by atomic mass is 16.5. The second-order valence-corrected chi connectivity index (χ2v) is 7.41. The Kier molecular flexibility index (Phi) is 6.75. The van der Waals surface area contributed by atoms with E-state index < -0.39 is 0 Å². The van der Waals surface area contributed by atoms with Crippen LogP contribution in [0, 0.1) is 11.8 Å². The highest BCUT2D eigenvalue weighted by Gasteiger charge is 2.39. The Bertz CT molecular complexity index is 881. The molecule has 1 fully saturated rings. The number of unbranched alkanes of at least 4 members (excludes halogenated alkanes) is 1. The standard InChI is InChI=1S/C23H28N2O4/c1-4-5-11-29-21-10-9-18(28-3)14-20(21)25-22(26)16-7-6-8-17(13-16)24-23(27)19-12-15(19)2/h6-10,13-15,19H,4-5,11-12H2,1-3H3,(H,24,27)(H,25,26). The van der Waals surface area contributed by atoms with E-state index >= 15 is 0 Å². The summed E-state index contributed by atoms with van der Waals surface area (Å²) < 4.78 is 11.1. The smallest absolute Gasteiger partial charge is 0.255 e. The van der Waals surface area contributed by atoms with Crippen molar-refractivity contribution in [2.45, 2.75) is 33.1 Å². The minimum Gasteiger partial charge on any atom is -0.497 e. The lowest BCUT2D eigenvalue weighted by atomic mass is 10.1. The second kappa shape index (κ2) is 9.45. The zero-order valence-electron chi connectivity index (χ0n) is 17.2. The summed E-state index contributed by atoms with van der Waals surface area (Å²) in [5.41, 5.74) is 1.62. The molecule has 2 atom stereocenters. The predicted molar refractivity (Wildman–Crippen MR) is 114 cm³/mol. The minimum absolute atomic E-state index is 0.00876. The van der Waals surface area contributed by atoms with Gasteiger partial charge in [0.15, 0.2) is 0 Å². The van der Waals surface area contributed by atoms with E-state index in [0.29, 0.717) is 41.0 Å². The van der Waals surface area contributed by atoms with Crippen LogP contribution >= 0.6 is 0 Å². The van der Waals surface area contributed by atoms with Gasteiger partial charge < -0.3 is 20.1 Å². The molecule has 0 spiro atoms. The largest absolute Gasteiger partial charge is 0.497 e. The number of benzene rings is 2. The lowest BCUT2D eigenvalue weighted by molar-refractivity contribution is -0.117. The Morgan fingerprint density at radius 3 is 2.62 bits per heavy atom. The van der Waals surface area contributed by atoms with Crippen molar-refractivity contribution < 1.29 is 19.1 Å². The van der Waals surface area contributed by atoms with Crippen molar-refractivity contribution in [3.05, 3.63) is 48.0 Å². The molecule has 0 bridgehead atoms. The monoisotopic (exact) mass is 396 g/mol. The molecule has 3 rings (SSSR count). The van der Waals surface area contributed by atoms with Gasteiger partial charge in [0, 0.05) is 23.2 Å². The van der Waals surface area contributed by atoms with E-state index in [1.807, 2.05) is 0 Å². The maximum atomic E-state index is 12.8. The van der Waals surface area contributed by atoms with E-state index in [1.54, 1.807) is 49.6 Å². The molecule has 0 aromatic heterocycles. The Hall–Kier alpha value is -3.02. The summed E-state index contributed by atoms with van der Waals surface area (Å²) in [7, 11) is 1.57. The second-order valence-electron chi connectivity index (χ2n) is 7.41. The van der Waals surface area contributed by atoms with Crippen LogP contribution in [0.2, 0.25) is 0 Å². The highest BCUT2D eigenvalue weighted by molar-refractivity contribution is 6.06. The maximum absolute atomic E-state index is 12.8. The zero-order chi connectivity index (χ0) is 20.8. The molecule has 2 N–H and O–H groups in total. The third kappa shape index (κ3) is 5.50. The van der Waals surface area contributed by atoms with E-state index in [2.05, 4.69) is 24.5 Å². The van der Waals surface area contributed by atoms with E-state index in [1.165, 1.54) is 0 Å². The SMILES string of the molecule is CCCCOc1ccc(OC)cc1NC(=O)c1cccc(NC(=O)C2CC2C)c1. The van der Waals surface area contributed by atoms with Crippen molar-refractivity contribution in [2.75, 3.05) is 24.4 Å². The van der Waals surface area contributed by atoms with Gasteiger partial charge in [-0.1, -0.05) is 26.3 Å². The van der Waals surface area contributed by atoms with Gasteiger partial charge in [-0.05, 0) is 49.1 Å². The number of carbonyl (C=O) groups excluding carboxylic acids is 2. The fraction of sp³-hybridized carbons (Fsp3) is 0.391. The van der Waals surface area contributed by atoms with E-state index in [0.717, 1.165) is 19.3 Å². The number of ether oxygens (including phenoxy) is 2. The van der Waals surface area contributed by atoms with Gasteiger partial charge >= 0.3 is 0 Å². The quantitative estimate of drug-likeness (QED) is 0.601. The van der Waals surface area contributed by atoms with Gasteiger partial charge in [0.1, 0.15) is 11.5 Å². The Morgan fingerprint density at radius 1 is 1.14 bits per heavy atom. The number of anilines is 2. The molecule has 1 aliphatic rings. The summed E-state index contributed by atoms with van der Waals surface area (Å²) in [6.07, 6.45) is 2.87. The molecule has 6 heteroatoms. The van der Waals surface area contributed by atoms with Gasteiger partial charge in [0.2, 0.25) is 5.91 Å². The number of rotatable bonds is 9. The van der Waals surface area contributed by atoms with Crippen LogP contribution in [0.1, 0.15) is 43.5 Å². The first kappa shape index (κ1) is 20.7. The molecule has 2 aromatic rings. The Balaban J connectivity index is 1.72. The van der Waals surface area contributed by atoms with Crippen LogP contribution in [-0.4, -0.2) is 25.5 Å². The van der Waals surface area contributed by atoms with Crippen LogP contribution in [0.3, 0.4) is 0 Å². The molecule has 6 nitrogen and oxygen atoms in total. The predicted octanol–water partition coefficient (Wildman–Crippen LogP) is 4.72. The van der Waals surface area contributed by atoms with Crippen molar-refractivity contribution >= 4 is 23.2 Å². The van der Waals surface area contributed by atoms with Crippen molar-refractivity contribution in [1.82, 2.24) is 0 Å². The van der Waals surface area contributed by atoms with Gasteiger partial charge in [0.25, 0.3) is 5.91 Å². The molecule has 154 valence electrons. The van der Waals surface area contributed by atoms with Gasteiger partial charge in [-0.15, -0.1) is 0 Å². The normalized spacial score (nSPS) is 17.3. The van der Waals surface area contributed by atoms with Gasteiger partial charge in [0.05, 0.1) is 19.4 Å². The molecule has 2 unspecified atom stereocenters. The average Bonchev–Trinajstić information content (AvgIpc) is 3.46. The molecule has 0 saturated heterocycles. The van der Waals surface area contributed by atoms with Crippen molar-refractivity contribution in [1.29, 1.82) is 0 Å². The van der Waals surface area contributed by atoms with Crippen LogP contribution < -0.4 is 20.1 Å². The third-order valence-corrected chi connectivity index (χ3v) is 5.03. The lowest BCUT2D eigenvalue weighted by Crippen LogP contribution is -2.16. The molecule has 0 aliphatic heterocycles. The number of carbonyl (C=O) groups is 2. The molecular formula is C23H28N2O4. The molecule has 1 aliphatic carbocycles. The molecular weight excluding hydrogens is 368 g/mol. The van der Waals surface area contributed by atoms with Crippen molar-refractivity contribution in [3.63, 3.8) is 0 Å². The van der Waals surface area contributed by atoms with Crippen molar-refractivity contribution in [2.24, 2.45) is 11.8 Å². The summed E-state index contributed by atoms with van der Waals surface area (Å²) in [5, 5.41) is 5.79. The Labute approximate surface area is 171 Å². The van der Waals surface area contributed by atoms with Crippen LogP contribution in [-0.2, 0) is 4.79 Å². The fourth-order valence-corrected chi connectivity index (χ4v) is 3.04. The summed E-state index contributed by atoms with van der Waals surface area (Å²) in [4.78, 5) is 25.0.